The number of aromatic nitrogens is 1. The number of methoxy groups -OCH3 is 1. The monoisotopic (exact) mass is 471 g/mol. The Morgan fingerprint density at radius 2 is 1.91 bits per heavy atom. The quantitative estimate of drug-likeness (QED) is 0.279. The number of esters is 1. The van der Waals surface area contributed by atoms with E-state index >= 15 is 0 Å². The molecular weight excluding hydrogens is 450 g/mol. The van der Waals surface area contributed by atoms with Crippen LogP contribution in [0, 0.1) is 17.0 Å². The molecule has 0 unspecified atom stereocenters. The number of anilines is 1. The second kappa shape index (κ2) is 10.6. The summed E-state index contributed by atoms with van der Waals surface area (Å²) >= 11 is 1.22. The summed E-state index contributed by atoms with van der Waals surface area (Å²) in [5, 5.41) is 16.1. The van der Waals surface area contributed by atoms with E-state index in [1.807, 2.05) is 31.2 Å². The van der Waals surface area contributed by atoms with Gasteiger partial charge < -0.3 is 14.2 Å². The number of nitrogens with one attached hydrogen (secondary N) is 1. The smallest absolute Gasteiger partial charge is 0.345 e. The highest BCUT2D eigenvalue weighted by Gasteiger charge is 2.26. The van der Waals surface area contributed by atoms with Gasteiger partial charge in [-0.15, -0.1) is 11.3 Å². The van der Waals surface area contributed by atoms with E-state index in [9.17, 15) is 19.7 Å². The first-order valence-electron chi connectivity index (χ1n) is 9.81. The average Bonchev–Trinajstić information content (AvgIpc) is 3.26. The average molecular weight is 471 g/mol. The number of thiazole rings is 1. The van der Waals surface area contributed by atoms with Crippen molar-refractivity contribution in [3.05, 3.63) is 63.0 Å². The number of aryl methyl sites for hydroxylation is 1. The molecule has 0 aliphatic carbocycles. The predicted octanol–water partition coefficient (Wildman–Crippen LogP) is 4.23. The van der Waals surface area contributed by atoms with Gasteiger partial charge in [-0.05, 0) is 13.8 Å². The Kier molecular flexibility index (Phi) is 7.57. The Bertz CT molecular complexity index is 1180. The Balaban J connectivity index is 1.67. The van der Waals surface area contributed by atoms with E-state index in [2.05, 4.69) is 10.3 Å². The topological polar surface area (TPSA) is 130 Å². The number of hydrogen-bond donors (Lipinski definition) is 1. The van der Waals surface area contributed by atoms with E-state index in [1.165, 1.54) is 18.4 Å². The van der Waals surface area contributed by atoms with Crippen LogP contribution < -0.4 is 14.8 Å². The first-order chi connectivity index (χ1) is 15.8. The number of hydrogen-bond acceptors (Lipinski definition) is 9. The lowest BCUT2D eigenvalue weighted by atomic mass is 10.1. The Morgan fingerprint density at radius 3 is 2.55 bits per heavy atom. The van der Waals surface area contributed by atoms with Crippen LogP contribution in [0.25, 0.3) is 11.3 Å². The van der Waals surface area contributed by atoms with Crippen LogP contribution in [0.4, 0.5) is 10.8 Å². The molecule has 0 aliphatic heterocycles. The zero-order valence-corrected chi connectivity index (χ0v) is 18.9. The van der Waals surface area contributed by atoms with Crippen LogP contribution in [-0.4, -0.2) is 42.1 Å². The van der Waals surface area contributed by atoms with E-state index in [1.54, 1.807) is 12.3 Å². The van der Waals surface area contributed by atoms with E-state index in [-0.39, 0.29) is 23.7 Å². The summed E-state index contributed by atoms with van der Waals surface area (Å²) in [5.74, 6) is -1.42. The van der Waals surface area contributed by atoms with Crippen LogP contribution in [0.5, 0.6) is 11.5 Å². The van der Waals surface area contributed by atoms with E-state index < -0.39 is 29.1 Å². The summed E-state index contributed by atoms with van der Waals surface area (Å²) in [7, 11) is 1.33. The van der Waals surface area contributed by atoms with Gasteiger partial charge in [0.2, 0.25) is 0 Å². The number of carbonyl (C=O) groups is 2. The number of benzene rings is 2. The third kappa shape index (κ3) is 5.83. The molecule has 1 aromatic heterocycles. The van der Waals surface area contributed by atoms with Crippen LogP contribution in [0.3, 0.4) is 0 Å². The molecule has 11 heteroatoms. The Hall–Kier alpha value is -3.99. The van der Waals surface area contributed by atoms with Crippen molar-refractivity contribution in [3.63, 3.8) is 0 Å². The van der Waals surface area contributed by atoms with Crippen LogP contribution in [0.1, 0.15) is 22.8 Å². The van der Waals surface area contributed by atoms with Gasteiger partial charge in [0.05, 0.1) is 30.4 Å². The molecule has 0 fully saturated rings. The summed E-state index contributed by atoms with van der Waals surface area (Å²) in [4.78, 5) is 39.7. The van der Waals surface area contributed by atoms with Crippen molar-refractivity contribution in [2.75, 3.05) is 25.6 Å². The number of ether oxygens (including phenoxy) is 3. The van der Waals surface area contributed by atoms with Crippen molar-refractivity contribution in [1.82, 2.24) is 4.98 Å². The molecule has 172 valence electrons. The standard InChI is InChI=1S/C22H21N3O7S/c1-4-31-19-9-15(17(25(28)29)10-18(19)30-3)21(27)32-11-20(26)24-22-23-16(12-33-22)14-7-5-13(2)6-8-14/h5-10,12H,4,11H2,1-3H3,(H,23,24,26). The molecule has 1 N–H and O–H groups in total. The fourth-order valence-corrected chi connectivity index (χ4v) is 3.58. The molecule has 33 heavy (non-hydrogen) atoms. The van der Waals surface area contributed by atoms with Crippen molar-refractivity contribution >= 4 is 34.0 Å². The first kappa shape index (κ1) is 23.7. The summed E-state index contributed by atoms with van der Waals surface area (Å²) in [6, 6.07) is 10.0. The minimum Gasteiger partial charge on any atom is -0.493 e. The lowest BCUT2D eigenvalue weighted by Gasteiger charge is -2.11. The van der Waals surface area contributed by atoms with E-state index in [0.29, 0.717) is 10.8 Å². The second-order valence-electron chi connectivity index (χ2n) is 6.74. The molecule has 0 spiro atoms. The highest BCUT2D eigenvalue weighted by molar-refractivity contribution is 7.14. The van der Waals surface area contributed by atoms with E-state index in [4.69, 9.17) is 14.2 Å². The van der Waals surface area contributed by atoms with Crippen LogP contribution >= 0.6 is 11.3 Å². The lowest BCUT2D eigenvalue weighted by molar-refractivity contribution is -0.385. The zero-order chi connectivity index (χ0) is 24.0. The molecule has 0 aliphatic rings. The molecule has 10 nitrogen and oxygen atoms in total. The maximum atomic E-state index is 12.5. The number of nitro groups is 1. The van der Waals surface area contributed by atoms with Gasteiger partial charge in [-0.25, -0.2) is 9.78 Å². The molecule has 3 aromatic rings. The molecule has 0 saturated carbocycles. The number of amides is 1. The molecule has 0 radical (unpaired) electrons. The number of nitrogens with zero attached hydrogens (tertiary/aromatic N) is 2. The van der Waals surface area contributed by atoms with Crippen molar-refractivity contribution < 1.29 is 28.7 Å². The van der Waals surface area contributed by atoms with Gasteiger partial charge in [-0.3, -0.25) is 20.2 Å². The summed E-state index contributed by atoms with van der Waals surface area (Å²) in [6.07, 6.45) is 0. The molecule has 1 amide bonds. The highest BCUT2D eigenvalue weighted by Crippen LogP contribution is 2.35. The Morgan fingerprint density at radius 1 is 1.18 bits per heavy atom. The third-order valence-electron chi connectivity index (χ3n) is 4.43. The molecule has 0 saturated heterocycles. The van der Waals surface area contributed by atoms with Gasteiger partial charge in [0.25, 0.3) is 11.6 Å². The highest BCUT2D eigenvalue weighted by atomic mass is 32.1. The van der Waals surface area contributed by atoms with Crippen molar-refractivity contribution in [2.24, 2.45) is 0 Å². The van der Waals surface area contributed by atoms with Gasteiger partial charge in [-0.1, -0.05) is 29.8 Å². The largest absolute Gasteiger partial charge is 0.493 e. The SMILES string of the molecule is CCOc1cc(C(=O)OCC(=O)Nc2nc(-c3ccc(C)cc3)cs2)c([N+](=O)[O-])cc1OC. The third-order valence-corrected chi connectivity index (χ3v) is 5.19. The van der Waals surface area contributed by atoms with Gasteiger partial charge >= 0.3 is 5.97 Å². The van der Waals surface area contributed by atoms with Gasteiger partial charge in [0.1, 0.15) is 5.56 Å². The van der Waals surface area contributed by atoms with Crippen LogP contribution in [0.2, 0.25) is 0 Å². The minimum absolute atomic E-state index is 0.103. The predicted molar refractivity (Wildman–Crippen MR) is 122 cm³/mol. The normalized spacial score (nSPS) is 10.4. The zero-order valence-electron chi connectivity index (χ0n) is 18.1. The number of carbonyl (C=O) groups excluding carboxylic acids is 2. The molecule has 2 aromatic carbocycles. The summed E-state index contributed by atoms with van der Waals surface area (Å²) < 4.78 is 15.4. The van der Waals surface area contributed by atoms with Crippen molar-refractivity contribution in [3.8, 4) is 22.8 Å². The molecule has 0 atom stereocenters. The van der Waals surface area contributed by atoms with Crippen LogP contribution in [-0.2, 0) is 9.53 Å². The molecule has 0 bridgehead atoms. The second-order valence-corrected chi connectivity index (χ2v) is 7.60. The van der Waals surface area contributed by atoms with Gasteiger partial charge in [0.15, 0.2) is 23.2 Å². The van der Waals surface area contributed by atoms with Crippen molar-refractivity contribution in [1.29, 1.82) is 0 Å². The van der Waals surface area contributed by atoms with Gasteiger partial charge in [-0.2, -0.15) is 0 Å². The fraction of sp³-hybridized carbons (Fsp3) is 0.227. The lowest BCUT2D eigenvalue weighted by Crippen LogP contribution is -2.21. The maximum Gasteiger partial charge on any atom is 0.345 e. The minimum atomic E-state index is -1.04. The molecular formula is C22H21N3O7S. The van der Waals surface area contributed by atoms with Crippen molar-refractivity contribution in [2.45, 2.75) is 13.8 Å². The Labute approximate surface area is 193 Å². The van der Waals surface area contributed by atoms with Crippen LogP contribution in [0.15, 0.2) is 41.8 Å². The maximum absolute atomic E-state index is 12.5. The number of nitro benzene ring substituents is 1. The molecule has 3 rings (SSSR count). The summed E-state index contributed by atoms with van der Waals surface area (Å²) in [5.41, 5.74) is 1.84. The summed E-state index contributed by atoms with van der Waals surface area (Å²) in [6.45, 7) is 3.30. The van der Waals surface area contributed by atoms with Gasteiger partial charge in [0, 0.05) is 17.0 Å². The fourth-order valence-electron chi connectivity index (χ4n) is 2.84. The first-order valence-corrected chi connectivity index (χ1v) is 10.7. The number of rotatable bonds is 9. The van der Waals surface area contributed by atoms with E-state index in [0.717, 1.165) is 23.3 Å². The molecule has 1 heterocycles.